The highest BCUT2D eigenvalue weighted by Crippen LogP contribution is 2.48. The number of nitrogens with zero attached hydrogens (tertiary/aromatic N) is 4. The van der Waals surface area contributed by atoms with Crippen LogP contribution < -0.4 is 15.5 Å². The van der Waals surface area contributed by atoms with Gasteiger partial charge >= 0.3 is 0 Å². The molecular weight excluding hydrogens is 531 g/mol. The van der Waals surface area contributed by atoms with Gasteiger partial charge in [0.1, 0.15) is 11.6 Å². The number of likely N-dealkylation sites (N-methyl/N-ethyl adjacent to an activating group) is 1. The monoisotopic (exact) mass is 572 g/mol. The van der Waals surface area contributed by atoms with E-state index in [0.29, 0.717) is 30.2 Å². The number of Topliss-reactive ketones (excluding diaryl/α,β-unsaturated/α-hetero) is 1. The van der Waals surface area contributed by atoms with Gasteiger partial charge in [-0.25, -0.2) is 9.37 Å². The number of rotatable bonds is 9. The SMILES string of the molecule is CN(C)CC(=O)C1N(C2CCN(C)CC2)c2cc(NC(=O)c3cccnc3NCc3ccc(F)cc3)ccc2C1(C)C. The van der Waals surface area contributed by atoms with Crippen LogP contribution in [0.3, 0.4) is 0 Å². The molecule has 0 radical (unpaired) electrons. The number of halogens is 1. The van der Waals surface area contributed by atoms with E-state index in [1.54, 1.807) is 30.5 Å². The average Bonchev–Trinajstić information content (AvgIpc) is 3.19. The second-order valence-electron chi connectivity index (χ2n) is 12.3. The Kier molecular flexibility index (Phi) is 8.61. The molecule has 2 N–H and O–H groups in total. The van der Waals surface area contributed by atoms with Crippen molar-refractivity contribution in [2.75, 3.05) is 56.3 Å². The van der Waals surface area contributed by atoms with Gasteiger partial charge in [-0.2, -0.15) is 0 Å². The molecule has 0 bridgehead atoms. The molecule has 0 saturated carbocycles. The van der Waals surface area contributed by atoms with Gasteiger partial charge in [-0.1, -0.05) is 32.0 Å². The normalized spacial score (nSPS) is 18.6. The summed E-state index contributed by atoms with van der Waals surface area (Å²) in [6.07, 6.45) is 3.59. The van der Waals surface area contributed by atoms with E-state index in [1.807, 2.05) is 31.1 Å². The molecule has 1 aromatic heterocycles. The summed E-state index contributed by atoms with van der Waals surface area (Å²) in [5, 5.41) is 6.28. The van der Waals surface area contributed by atoms with E-state index in [1.165, 1.54) is 12.1 Å². The van der Waals surface area contributed by atoms with Crippen LogP contribution in [0.1, 0.15) is 48.2 Å². The number of hydrogen-bond donors (Lipinski definition) is 2. The molecule has 42 heavy (non-hydrogen) atoms. The van der Waals surface area contributed by atoms with E-state index in [-0.39, 0.29) is 35.0 Å². The van der Waals surface area contributed by atoms with Gasteiger partial charge in [0, 0.05) is 35.6 Å². The van der Waals surface area contributed by atoms with Crippen LogP contribution >= 0.6 is 0 Å². The summed E-state index contributed by atoms with van der Waals surface area (Å²) in [7, 11) is 6.01. The first kappa shape index (κ1) is 29.7. The van der Waals surface area contributed by atoms with Gasteiger partial charge in [0.2, 0.25) is 0 Å². The largest absolute Gasteiger partial charge is 0.365 e. The third kappa shape index (κ3) is 6.17. The van der Waals surface area contributed by atoms with Crippen LogP contribution in [-0.4, -0.2) is 79.3 Å². The molecule has 9 heteroatoms. The van der Waals surface area contributed by atoms with Gasteiger partial charge in [0.15, 0.2) is 5.78 Å². The van der Waals surface area contributed by atoms with Crippen LogP contribution in [0, 0.1) is 5.82 Å². The maximum Gasteiger partial charge on any atom is 0.259 e. The number of benzene rings is 2. The number of likely N-dealkylation sites (tertiary alicyclic amines) is 1. The van der Waals surface area contributed by atoms with Crippen LogP contribution in [-0.2, 0) is 16.8 Å². The first-order chi connectivity index (χ1) is 20.0. The highest BCUT2D eigenvalue weighted by atomic mass is 19.1. The summed E-state index contributed by atoms with van der Waals surface area (Å²) in [6.45, 7) is 7.06. The fourth-order valence-corrected chi connectivity index (χ4v) is 6.35. The van der Waals surface area contributed by atoms with E-state index in [2.05, 4.69) is 52.4 Å². The Morgan fingerprint density at radius 3 is 2.48 bits per heavy atom. The van der Waals surface area contributed by atoms with Crippen molar-refractivity contribution in [1.82, 2.24) is 14.8 Å². The van der Waals surface area contributed by atoms with Crippen LogP contribution in [0.5, 0.6) is 0 Å². The zero-order valence-electron chi connectivity index (χ0n) is 25.2. The molecule has 2 aliphatic rings. The molecule has 3 heterocycles. The highest BCUT2D eigenvalue weighted by molar-refractivity contribution is 6.08. The van der Waals surface area contributed by atoms with Crippen molar-refractivity contribution in [3.8, 4) is 0 Å². The zero-order chi connectivity index (χ0) is 30.0. The van der Waals surface area contributed by atoms with Crippen LogP contribution in [0.2, 0.25) is 0 Å². The van der Waals surface area contributed by atoms with E-state index < -0.39 is 0 Å². The zero-order valence-corrected chi connectivity index (χ0v) is 25.2. The van der Waals surface area contributed by atoms with E-state index in [9.17, 15) is 14.0 Å². The van der Waals surface area contributed by atoms with Crippen LogP contribution in [0.4, 0.5) is 21.6 Å². The summed E-state index contributed by atoms with van der Waals surface area (Å²) in [5.41, 5.74) is 3.72. The third-order valence-electron chi connectivity index (χ3n) is 8.47. The minimum Gasteiger partial charge on any atom is -0.365 e. The van der Waals surface area contributed by atoms with E-state index in [4.69, 9.17) is 0 Å². The molecule has 1 saturated heterocycles. The summed E-state index contributed by atoms with van der Waals surface area (Å²) >= 11 is 0. The smallest absolute Gasteiger partial charge is 0.259 e. The number of pyridine rings is 1. The summed E-state index contributed by atoms with van der Waals surface area (Å²) in [6, 6.07) is 15.6. The van der Waals surface area contributed by atoms with Gasteiger partial charge in [0.05, 0.1) is 18.2 Å². The molecule has 222 valence electrons. The molecule has 1 unspecified atom stereocenters. The molecule has 0 spiro atoms. The van der Waals surface area contributed by atoms with Crippen molar-refractivity contribution in [3.05, 3.63) is 83.3 Å². The Hall–Kier alpha value is -3.82. The Morgan fingerprint density at radius 1 is 1.07 bits per heavy atom. The molecule has 8 nitrogen and oxygen atoms in total. The van der Waals surface area contributed by atoms with Crippen molar-refractivity contribution in [1.29, 1.82) is 0 Å². The van der Waals surface area contributed by atoms with Crippen LogP contribution in [0.15, 0.2) is 60.8 Å². The Bertz CT molecular complexity index is 1430. The number of hydrogen-bond acceptors (Lipinski definition) is 7. The van der Waals surface area contributed by atoms with Gasteiger partial charge in [-0.05, 0) is 94.6 Å². The topological polar surface area (TPSA) is 80.8 Å². The molecular formula is C33H41FN6O2. The Morgan fingerprint density at radius 2 is 1.79 bits per heavy atom. The predicted octanol–water partition coefficient (Wildman–Crippen LogP) is 4.78. The molecule has 2 aliphatic heterocycles. The number of carbonyl (C=O) groups excluding carboxylic acids is 2. The van der Waals surface area contributed by atoms with Crippen molar-refractivity contribution >= 4 is 28.9 Å². The second-order valence-corrected chi connectivity index (χ2v) is 12.3. The maximum atomic E-state index is 13.7. The lowest BCUT2D eigenvalue weighted by Gasteiger charge is -2.42. The number of nitrogens with one attached hydrogen (secondary N) is 2. The number of carbonyl (C=O) groups is 2. The van der Waals surface area contributed by atoms with Gasteiger partial charge in [0.25, 0.3) is 5.91 Å². The third-order valence-corrected chi connectivity index (χ3v) is 8.47. The van der Waals surface area contributed by atoms with Gasteiger partial charge in [-0.15, -0.1) is 0 Å². The number of piperidine rings is 1. The number of fused-ring (bicyclic) bond motifs is 1. The first-order valence-electron chi connectivity index (χ1n) is 14.6. The lowest BCUT2D eigenvalue weighted by Crippen LogP contribution is -2.55. The summed E-state index contributed by atoms with van der Waals surface area (Å²) < 4.78 is 13.3. The molecule has 3 aromatic rings. The fraction of sp³-hybridized carbons (Fsp3) is 0.424. The Balaban J connectivity index is 1.41. The summed E-state index contributed by atoms with van der Waals surface area (Å²) in [5.74, 6) is 0.0759. The number of amides is 1. The molecule has 1 fully saturated rings. The van der Waals surface area contributed by atoms with Crippen molar-refractivity contribution in [2.45, 2.75) is 50.7 Å². The van der Waals surface area contributed by atoms with Gasteiger partial charge in [-0.3, -0.25) is 9.59 Å². The van der Waals surface area contributed by atoms with Gasteiger partial charge < -0.3 is 25.3 Å². The van der Waals surface area contributed by atoms with Crippen molar-refractivity contribution in [2.24, 2.45) is 0 Å². The van der Waals surface area contributed by atoms with E-state index in [0.717, 1.165) is 42.7 Å². The number of aromatic nitrogens is 1. The molecule has 5 rings (SSSR count). The predicted molar refractivity (Wildman–Crippen MR) is 166 cm³/mol. The molecule has 2 aromatic carbocycles. The second kappa shape index (κ2) is 12.2. The fourth-order valence-electron chi connectivity index (χ4n) is 6.35. The standard InChI is InChI=1S/C33H41FN6O2/c1-33(2)27-13-12-24(19-28(27)40(25-14-17-39(5)18-15-25)30(33)29(41)21-38(3)4)37-32(42)26-7-6-16-35-31(26)36-20-22-8-10-23(34)11-9-22/h6-13,16,19,25,30H,14-15,17-18,20-21H2,1-5H3,(H,35,36)(H,37,42). The molecule has 0 aliphatic carbocycles. The van der Waals surface area contributed by atoms with Crippen molar-refractivity contribution in [3.63, 3.8) is 0 Å². The highest BCUT2D eigenvalue weighted by Gasteiger charge is 2.50. The quantitative estimate of drug-likeness (QED) is 0.382. The van der Waals surface area contributed by atoms with E-state index >= 15 is 0 Å². The average molecular weight is 573 g/mol. The number of ketones is 1. The molecule has 1 atom stereocenters. The molecule has 1 amide bonds. The Labute approximate surface area is 247 Å². The van der Waals surface area contributed by atoms with Crippen LogP contribution in [0.25, 0.3) is 0 Å². The van der Waals surface area contributed by atoms with Crippen molar-refractivity contribution < 1.29 is 14.0 Å². The lowest BCUT2D eigenvalue weighted by molar-refractivity contribution is -0.122. The maximum absolute atomic E-state index is 13.7. The lowest BCUT2D eigenvalue weighted by atomic mass is 9.78. The first-order valence-corrected chi connectivity index (χ1v) is 14.6. The number of anilines is 3. The minimum atomic E-state index is -0.380. The summed E-state index contributed by atoms with van der Waals surface area (Å²) in [4.78, 5) is 38.2. The minimum absolute atomic E-state index is 0.206.